The summed E-state index contributed by atoms with van der Waals surface area (Å²) in [5.74, 6) is -2.71. The molecule has 2 aromatic rings. The van der Waals surface area contributed by atoms with Gasteiger partial charge in [-0.1, -0.05) is 6.07 Å². The van der Waals surface area contributed by atoms with Crippen LogP contribution in [0, 0.1) is 0 Å². The molecule has 0 spiro atoms. The normalized spacial score (nSPS) is 17.1. The van der Waals surface area contributed by atoms with Gasteiger partial charge in [-0.25, -0.2) is 9.59 Å². The molecule has 2 heterocycles. The largest absolute Gasteiger partial charge is 0.492 e. The van der Waals surface area contributed by atoms with Crippen molar-refractivity contribution in [2.24, 2.45) is 0 Å². The van der Waals surface area contributed by atoms with E-state index < -0.39 is 11.9 Å². The molecule has 1 aliphatic heterocycles. The summed E-state index contributed by atoms with van der Waals surface area (Å²) in [5.41, 5.74) is 1.02. The van der Waals surface area contributed by atoms with Crippen molar-refractivity contribution in [2.45, 2.75) is 18.9 Å². The van der Waals surface area contributed by atoms with Gasteiger partial charge < -0.3 is 19.8 Å². The summed E-state index contributed by atoms with van der Waals surface area (Å²) in [4.78, 5) is 24.9. The Morgan fingerprint density at radius 2 is 2.04 bits per heavy atom. The molecule has 0 radical (unpaired) electrons. The zero-order chi connectivity index (χ0) is 17.5. The van der Waals surface area contributed by atoms with Crippen LogP contribution in [0.4, 0.5) is 0 Å². The average molecular weight is 332 g/mol. The van der Waals surface area contributed by atoms with Crippen LogP contribution in [-0.2, 0) is 9.59 Å². The minimum atomic E-state index is -1.82. The molecule has 7 heteroatoms. The Hall–Kier alpha value is -2.67. The maximum Gasteiger partial charge on any atom is 0.414 e. The summed E-state index contributed by atoms with van der Waals surface area (Å²) < 4.78 is 5.90. The number of carbonyl (C=O) groups is 2. The molecule has 1 aliphatic rings. The fourth-order valence-electron chi connectivity index (χ4n) is 2.53. The number of hydrogen-bond donors (Lipinski definition) is 2. The third-order valence-corrected chi connectivity index (χ3v) is 3.87. The van der Waals surface area contributed by atoms with Crippen molar-refractivity contribution >= 4 is 22.8 Å². The van der Waals surface area contributed by atoms with Gasteiger partial charge in [-0.2, -0.15) is 0 Å². The highest BCUT2D eigenvalue weighted by Gasteiger charge is 2.21. The van der Waals surface area contributed by atoms with E-state index in [0.717, 1.165) is 23.3 Å². The number of likely N-dealkylation sites (tertiary alicyclic amines) is 1. The summed E-state index contributed by atoms with van der Waals surface area (Å²) in [7, 11) is 2.17. The number of aromatic nitrogens is 1. The van der Waals surface area contributed by atoms with E-state index in [0.29, 0.717) is 6.04 Å². The molecule has 1 aromatic heterocycles. The van der Waals surface area contributed by atoms with Crippen LogP contribution in [0.25, 0.3) is 10.9 Å². The first kappa shape index (κ1) is 17.7. The van der Waals surface area contributed by atoms with Crippen molar-refractivity contribution in [3.05, 3.63) is 36.5 Å². The number of likely N-dealkylation sites (N-methyl/N-ethyl adjacent to an activating group) is 1. The molecule has 24 heavy (non-hydrogen) atoms. The predicted octanol–water partition coefficient (Wildman–Crippen LogP) is 1.86. The second-order valence-corrected chi connectivity index (χ2v) is 5.56. The van der Waals surface area contributed by atoms with Crippen LogP contribution in [0.2, 0.25) is 0 Å². The van der Waals surface area contributed by atoms with E-state index in [1.165, 1.54) is 19.4 Å². The molecule has 3 rings (SSSR count). The van der Waals surface area contributed by atoms with Gasteiger partial charge in [0.1, 0.15) is 12.4 Å². The highest BCUT2D eigenvalue weighted by atomic mass is 16.5. The maximum atomic E-state index is 9.10. The lowest BCUT2D eigenvalue weighted by Gasteiger charge is -2.19. The van der Waals surface area contributed by atoms with Crippen LogP contribution < -0.4 is 4.74 Å². The monoisotopic (exact) mass is 332 g/mol. The molecule has 0 bridgehead atoms. The van der Waals surface area contributed by atoms with Gasteiger partial charge in [0.05, 0.1) is 5.52 Å². The zero-order valence-electron chi connectivity index (χ0n) is 13.4. The Labute approximate surface area is 139 Å². The van der Waals surface area contributed by atoms with Gasteiger partial charge in [-0.3, -0.25) is 4.98 Å². The van der Waals surface area contributed by atoms with Gasteiger partial charge >= 0.3 is 11.9 Å². The van der Waals surface area contributed by atoms with Gasteiger partial charge in [-0.15, -0.1) is 0 Å². The molecular weight excluding hydrogens is 312 g/mol. The maximum absolute atomic E-state index is 9.10. The highest BCUT2D eigenvalue weighted by Crippen LogP contribution is 2.21. The smallest absolute Gasteiger partial charge is 0.414 e. The first-order valence-electron chi connectivity index (χ1n) is 7.61. The van der Waals surface area contributed by atoms with Crippen LogP contribution >= 0.6 is 0 Å². The Kier molecular flexibility index (Phi) is 6.08. The predicted molar refractivity (Wildman–Crippen MR) is 88.2 cm³/mol. The topological polar surface area (TPSA) is 100.0 Å². The molecule has 1 fully saturated rings. The lowest BCUT2D eigenvalue weighted by Crippen LogP contribution is -2.30. The number of carboxylic acids is 2. The van der Waals surface area contributed by atoms with Crippen LogP contribution in [0.15, 0.2) is 36.5 Å². The number of ether oxygens (including phenoxy) is 1. The molecule has 1 saturated heterocycles. The number of rotatable bonds is 3. The SMILES string of the molecule is CN1CCC[C@@H]1COc1ccc2ncccc2c1.O=C(O)C(=O)O. The summed E-state index contributed by atoms with van der Waals surface area (Å²) >= 11 is 0. The lowest BCUT2D eigenvalue weighted by atomic mass is 10.2. The highest BCUT2D eigenvalue weighted by molar-refractivity contribution is 6.27. The number of fused-ring (bicyclic) bond motifs is 1. The molecule has 2 N–H and O–H groups in total. The Bertz CT molecular complexity index is 707. The van der Waals surface area contributed by atoms with Crippen LogP contribution in [0.3, 0.4) is 0 Å². The van der Waals surface area contributed by atoms with Crippen molar-refractivity contribution in [3.8, 4) is 5.75 Å². The second-order valence-electron chi connectivity index (χ2n) is 5.56. The first-order valence-corrected chi connectivity index (χ1v) is 7.61. The summed E-state index contributed by atoms with van der Waals surface area (Å²) in [6, 6.07) is 10.7. The number of carboxylic acid groups (broad SMARTS) is 2. The van der Waals surface area contributed by atoms with Gasteiger partial charge in [0.15, 0.2) is 0 Å². The van der Waals surface area contributed by atoms with E-state index in [4.69, 9.17) is 24.5 Å². The fourth-order valence-corrected chi connectivity index (χ4v) is 2.53. The zero-order valence-corrected chi connectivity index (χ0v) is 13.4. The standard InChI is InChI=1S/C15H18N2O.C2H2O4/c1-17-9-3-5-13(17)11-18-14-6-7-15-12(10-14)4-2-8-16-15;3-1(4)2(5)6/h2,4,6-8,10,13H,3,5,9,11H2,1H3;(H,3,4)(H,5,6)/t13-;/m1./s1. The van der Waals surface area contributed by atoms with Crippen molar-refractivity contribution in [1.29, 1.82) is 0 Å². The Morgan fingerprint density at radius 3 is 2.67 bits per heavy atom. The molecule has 0 unspecified atom stereocenters. The van der Waals surface area contributed by atoms with Crippen molar-refractivity contribution in [2.75, 3.05) is 20.2 Å². The summed E-state index contributed by atoms with van der Waals surface area (Å²) in [6.45, 7) is 1.97. The lowest BCUT2D eigenvalue weighted by molar-refractivity contribution is -0.159. The van der Waals surface area contributed by atoms with E-state index in [1.54, 1.807) is 0 Å². The minimum absolute atomic E-state index is 0.564. The number of nitrogens with zero attached hydrogens (tertiary/aromatic N) is 2. The first-order chi connectivity index (χ1) is 11.5. The van der Waals surface area contributed by atoms with Gasteiger partial charge in [0.2, 0.25) is 0 Å². The van der Waals surface area contributed by atoms with E-state index in [-0.39, 0.29) is 0 Å². The van der Waals surface area contributed by atoms with Crippen LogP contribution in [0.5, 0.6) is 5.75 Å². The molecule has 1 aromatic carbocycles. The molecule has 128 valence electrons. The van der Waals surface area contributed by atoms with E-state index in [9.17, 15) is 0 Å². The molecule has 0 aliphatic carbocycles. The quantitative estimate of drug-likeness (QED) is 0.828. The van der Waals surface area contributed by atoms with Gasteiger partial charge in [0, 0.05) is 17.6 Å². The van der Waals surface area contributed by atoms with E-state index >= 15 is 0 Å². The van der Waals surface area contributed by atoms with Crippen molar-refractivity contribution in [3.63, 3.8) is 0 Å². The number of hydrogen-bond acceptors (Lipinski definition) is 5. The fraction of sp³-hybridized carbons (Fsp3) is 0.353. The van der Waals surface area contributed by atoms with Crippen molar-refractivity contribution < 1.29 is 24.5 Å². The number of aliphatic carboxylic acids is 2. The van der Waals surface area contributed by atoms with Gasteiger partial charge in [-0.05, 0) is 50.7 Å². The Morgan fingerprint density at radius 1 is 1.29 bits per heavy atom. The van der Waals surface area contributed by atoms with E-state index in [2.05, 4.69) is 29.1 Å². The molecule has 0 amide bonds. The summed E-state index contributed by atoms with van der Waals surface area (Å²) in [5, 5.41) is 15.9. The van der Waals surface area contributed by atoms with Gasteiger partial charge in [0.25, 0.3) is 0 Å². The molecule has 7 nitrogen and oxygen atoms in total. The molecule has 0 saturated carbocycles. The number of pyridine rings is 1. The average Bonchev–Trinajstić information content (AvgIpc) is 2.98. The van der Waals surface area contributed by atoms with Crippen LogP contribution in [0.1, 0.15) is 12.8 Å². The summed E-state index contributed by atoms with van der Waals surface area (Å²) in [6.07, 6.45) is 4.34. The van der Waals surface area contributed by atoms with Crippen LogP contribution in [-0.4, -0.2) is 58.3 Å². The Balaban J connectivity index is 0.000000301. The third kappa shape index (κ3) is 4.92. The van der Waals surface area contributed by atoms with Crippen molar-refractivity contribution in [1.82, 2.24) is 9.88 Å². The minimum Gasteiger partial charge on any atom is -0.492 e. The van der Waals surface area contributed by atoms with E-state index in [1.807, 2.05) is 24.4 Å². The second kappa shape index (κ2) is 8.26. The molecular formula is C17H20N2O5. The number of benzene rings is 1. The molecule has 1 atom stereocenters. The third-order valence-electron chi connectivity index (χ3n) is 3.87.